The van der Waals surface area contributed by atoms with Gasteiger partial charge in [-0.2, -0.15) is 0 Å². The highest BCUT2D eigenvalue weighted by Gasteiger charge is 2.25. The molecule has 130 valence electrons. The Kier molecular flexibility index (Phi) is 4.31. The predicted molar refractivity (Wildman–Crippen MR) is 101 cm³/mol. The molecule has 0 saturated carbocycles. The second-order valence-corrected chi connectivity index (χ2v) is 7.56. The van der Waals surface area contributed by atoms with E-state index < -0.39 is 0 Å². The van der Waals surface area contributed by atoms with E-state index in [1.807, 2.05) is 58.3 Å². The van der Waals surface area contributed by atoms with Crippen molar-refractivity contribution in [2.45, 2.75) is 18.9 Å². The van der Waals surface area contributed by atoms with E-state index in [0.717, 1.165) is 35.7 Å². The Morgan fingerprint density at radius 1 is 1.36 bits per heavy atom. The van der Waals surface area contributed by atoms with Crippen molar-refractivity contribution in [3.63, 3.8) is 0 Å². The summed E-state index contributed by atoms with van der Waals surface area (Å²) in [7, 11) is 4.04. The summed E-state index contributed by atoms with van der Waals surface area (Å²) in [5.74, 6) is 0.0589. The summed E-state index contributed by atoms with van der Waals surface area (Å²) in [6, 6.07) is 10.5. The number of fused-ring (bicyclic) bond motifs is 1. The smallest absolute Gasteiger partial charge is 0.271 e. The molecule has 1 amide bonds. The Balaban J connectivity index is 1.58. The van der Waals surface area contributed by atoms with Gasteiger partial charge in [-0.1, -0.05) is 30.3 Å². The summed E-state index contributed by atoms with van der Waals surface area (Å²) in [5, 5.41) is 1.91. The zero-order chi connectivity index (χ0) is 17.4. The van der Waals surface area contributed by atoms with Crippen molar-refractivity contribution < 1.29 is 4.79 Å². The molecular formula is C19H22N4OS. The lowest BCUT2D eigenvalue weighted by molar-refractivity contribution is 0.0755. The van der Waals surface area contributed by atoms with E-state index in [-0.39, 0.29) is 5.91 Å². The van der Waals surface area contributed by atoms with Crippen LogP contribution in [-0.2, 0) is 0 Å². The first kappa shape index (κ1) is 16.3. The Morgan fingerprint density at radius 3 is 2.88 bits per heavy atom. The number of carbonyl (C=O) groups is 1. The molecule has 1 saturated heterocycles. The van der Waals surface area contributed by atoms with Crippen LogP contribution in [0.3, 0.4) is 0 Å². The molecule has 1 aromatic carbocycles. The molecule has 6 heteroatoms. The van der Waals surface area contributed by atoms with Gasteiger partial charge in [-0.05, 0) is 26.4 Å². The van der Waals surface area contributed by atoms with Gasteiger partial charge in [-0.25, -0.2) is 4.98 Å². The SMILES string of the molecule is CN(CC1CCCN1C)C(=O)c1csc2nc(-c3ccccc3)cn12. The number of thiazole rings is 1. The molecule has 5 nitrogen and oxygen atoms in total. The molecule has 25 heavy (non-hydrogen) atoms. The number of nitrogens with zero attached hydrogens (tertiary/aromatic N) is 4. The molecule has 0 bridgehead atoms. The van der Waals surface area contributed by atoms with E-state index in [0.29, 0.717) is 11.7 Å². The fourth-order valence-corrected chi connectivity index (χ4v) is 4.34. The highest BCUT2D eigenvalue weighted by atomic mass is 32.1. The van der Waals surface area contributed by atoms with Crippen molar-refractivity contribution in [3.05, 3.63) is 47.6 Å². The predicted octanol–water partition coefficient (Wildman–Crippen LogP) is 3.23. The minimum absolute atomic E-state index is 0.0589. The minimum atomic E-state index is 0.0589. The summed E-state index contributed by atoms with van der Waals surface area (Å²) < 4.78 is 1.92. The highest BCUT2D eigenvalue weighted by molar-refractivity contribution is 7.15. The summed E-state index contributed by atoms with van der Waals surface area (Å²) >= 11 is 1.51. The first-order valence-corrected chi connectivity index (χ1v) is 9.49. The van der Waals surface area contributed by atoms with E-state index in [1.54, 1.807) is 0 Å². The van der Waals surface area contributed by atoms with Gasteiger partial charge in [-0.3, -0.25) is 9.20 Å². The minimum Gasteiger partial charge on any atom is -0.339 e. The van der Waals surface area contributed by atoms with Crippen LogP contribution in [0.1, 0.15) is 23.3 Å². The Hall–Kier alpha value is -2.18. The third-order valence-corrected chi connectivity index (χ3v) is 5.84. The van der Waals surface area contributed by atoms with Crippen LogP contribution in [0.25, 0.3) is 16.2 Å². The molecule has 0 N–H and O–H groups in total. The molecule has 1 fully saturated rings. The van der Waals surface area contributed by atoms with E-state index in [2.05, 4.69) is 16.9 Å². The molecule has 1 atom stereocenters. The molecule has 1 aliphatic rings. The molecule has 2 aromatic heterocycles. The molecule has 1 unspecified atom stereocenters. The summed E-state index contributed by atoms with van der Waals surface area (Å²) in [6.07, 6.45) is 4.34. The fraction of sp³-hybridized carbons (Fsp3) is 0.368. The first-order valence-electron chi connectivity index (χ1n) is 8.61. The van der Waals surface area contributed by atoms with Crippen LogP contribution in [0.5, 0.6) is 0 Å². The topological polar surface area (TPSA) is 40.8 Å². The number of likely N-dealkylation sites (N-methyl/N-ethyl adjacent to an activating group) is 2. The number of benzene rings is 1. The monoisotopic (exact) mass is 354 g/mol. The Bertz CT molecular complexity index is 885. The number of rotatable bonds is 4. The van der Waals surface area contributed by atoms with Crippen molar-refractivity contribution in [1.29, 1.82) is 0 Å². The molecule has 0 radical (unpaired) electrons. The average molecular weight is 354 g/mol. The molecule has 0 aliphatic carbocycles. The third kappa shape index (κ3) is 3.07. The summed E-state index contributed by atoms with van der Waals surface area (Å²) in [4.78, 5) is 22.6. The summed E-state index contributed by atoms with van der Waals surface area (Å²) in [5.41, 5.74) is 2.66. The Morgan fingerprint density at radius 2 is 2.16 bits per heavy atom. The lowest BCUT2D eigenvalue weighted by Gasteiger charge is -2.25. The maximum atomic E-state index is 12.9. The maximum absolute atomic E-state index is 12.9. The normalized spacial score (nSPS) is 18.1. The van der Waals surface area contributed by atoms with Crippen molar-refractivity contribution >= 4 is 22.2 Å². The Labute approximate surface area is 151 Å². The van der Waals surface area contributed by atoms with E-state index in [9.17, 15) is 4.79 Å². The largest absolute Gasteiger partial charge is 0.339 e. The zero-order valence-corrected chi connectivity index (χ0v) is 15.4. The number of likely N-dealkylation sites (tertiary alicyclic amines) is 1. The molecule has 0 spiro atoms. The number of amides is 1. The van der Waals surface area contributed by atoms with Gasteiger partial charge in [0.05, 0.1) is 5.69 Å². The van der Waals surface area contributed by atoms with Crippen LogP contribution in [0.4, 0.5) is 0 Å². The van der Waals surface area contributed by atoms with Gasteiger partial charge in [0.15, 0.2) is 4.96 Å². The van der Waals surface area contributed by atoms with Crippen LogP contribution < -0.4 is 0 Å². The quantitative estimate of drug-likeness (QED) is 0.722. The average Bonchev–Trinajstić information content (AvgIpc) is 3.31. The molecular weight excluding hydrogens is 332 g/mol. The van der Waals surface area contributed by atoms with Crippen LogP contribution in [-0.4, -0.2) is 58.3 Å². The third-order valence-electron chi connectivity index (χ3n) is 5.00. The van der Waals surface area contributed by atoms with Gasteiger partial charge in [-0.15, -0.1) is 11.3 Å². The highest BCUT2D eigenvalue weighted by Crippen LogP contribution is 2.24. The van der Waals surface area contributed by atoms with Gasteiger partial charge in [0.2, 0.25) is 0 Å². The fourth-order valence-electron chi connectivity index (χ4n) is 3.49. The molecule has 1 aliphatic heterocycles. The zero-order valence-electron chi connectivity index (χ0n) is 14.6. The number of imidazole rings is 1. The number of hydrogen-bond acceptors (Lipinski definition) is 4. The van der Waals surface area contributed by atoms with Crippen LogP contribution >= 0.6 is 11.3 Å². The first-order chi connectivity index (χ1) is 12.1. The number of carbonyl (C=O) groups excluding carboxylic acids is 1. The van der Waals surface area contributed by atoms with E-state index >= 15 is 0 Å². The lowest BCUT2D eigenvalue weighted by atomic mass is 10.2. The van der Waals surface area contributed by atoms with Crippen molar-refractivity contribution in [3.8, 4) is 11.3 Å². The van der Waals surface area contributed by atoms with Gasteiger partial charge >= 0.3 is 0 Å². The summed E-state index contributed by atoms with van der Waals surface area (Å²) in [6.45, 7) is 1.89. The number of hydrogen-bond donors (Lipinski definition) is 0. The number of aromatic nitrogens is 2. The second-order valence-electron chi connectivity index (χ2n) is 6.73. The molecule has 4 rings (SSSR count). The van der Waals surface area contributed by atoms with E-state index in [4.69, 9.17) is 0 Å². The van der Waals surface area contributed by atoms with Gasteiger partial charge in [0.25, 0.3) is 5.91 Å². The standard InChI is InChI=1S/C19H22N4OS/c1-21-10-6-9-15(21)11-22(2)18(24)17-13-25-19-20-16(12-23(17)19)14-7-4-3-5-8-14/h3-5,7-8,12-13,15H,6,9-11H2,1-2H3. The molecule has 3 heterocycles. The van der Waals surface area contributed by atoms with Crippen molar-refractivity contribution in [2.75, 3.05) is 27.2 Å². The van der Waals surface area contributed by atoms with Crippen LogP contribution in [0.15, 0.2) is 41.9 Å². The molecule has 3 aromatic rings. The van der Waals surface area contributed by atoms with Crippen LogP contribution in [0, 0.1) is 0 Å². The second kappa shape index (κ2) is 6.61. The van der Waals surface area contributed by atoms with Crippen molar-refractivity contribution in [2.24, 2.45) is 0 Å². The van der Waals surface area contributed by atoms with Gasteiger partial charge < -0.3 is 9.80 Å². The van der Waals surface area contributed by atoms with Gasteiger partial charge in [0, 0.05) is 36.8 Å². The van der Waals surface area contributed by atoms with E-state index in [1.165, 1.54) is 17.8 Å². The van der Waals surface area contributed by atoms with Gasteiger partial charge in [0.1, 0.15) is 5.69 Å². The van der Waals surface area contributed by atoms with Crippen LogP contribution in [0.2, 0.25) is 0 Å². The lowest BCUT2D eigenvalue weighted by Crippen LogP contribution is -2.39. The maximum Gasteiger partial charge on any atom is 0.271 e. The van der Waals surface area contributed by atoms with Crippen molar-refractivity contribution in [1.82, 2.24) is 19.2 Å².